The Morgan fingerprint density at radius 2 is 2.06 bits per heavy atom. The fraction of sp³-hybridized carbons (Fsp3) is 0.417. The maximum Gasteiger partial charge on any atom is 0.138 e. The molecule has 1 aromatic rings. The fourth-order valence-electron chi connectivity index (χ4n) is 1.77. The maximum absolute atomic E-state index is 8.96. The zero-order valence-electron chi connectivity index (χ0n) is 9.58. The van der Waals surface area contributed by atoms with Crippen LogP contribution in [-0.2, 0) is 6.54 Å². The van der Waals surface area contributed by atoms with Crippen molar-refractivity contribution in [1.82, 2.24) is 9.80 Å². The van der Waals surface area contributed by atoms with Crippen LogP contribution in [0, 0.1) is 0 Å². The van der Waals surface area contributed by atoms with Gasteiger partial charge in [0.05, 0.1) is 19.2 Å². The Balaban J connectivity index is 1.96. The van der Waals surface area contributed by atoms with Crippen molar-refractivity contribution >= 4 is 28.3 Å². The van der Waals surface area contributed by atoms with Crippen LogP contribution in [0.4, 0.5) is 0 Å². The highest BCUT2D eigenvalue weighted by Gasteiger charge is 2.20. The van der Waals surface area contributed by atoms with E-state index in [0.29, 0.717) is 6.54 Å². The summed E-state index contributed by atoms with van der Waals surface area (Å²) in [4.78, 5) is 4.37. The molecule has 0 unspecified atom stereocenters. The summed E-state index contributed by atoms with van der Waals surface area (Å²) in [5, 5.41) is 8.96. The Labute approximate surface area is 111 Å². The molecule has 0 saturated carbocycles. The Hall–Kier alpha value is -0.620. The maximum atomic E-state index is 8.96. The van der Waals surface area contributed by atoms with Crippen LogP contribution in [0.25, 0.3) is 0 Å². The molecule has 1 N–H and O–H groups in total. The van der Waals surface area contributed by atoms with E-state index in [1.807, 2.05) is 18.2 Å². The summed E-state index contributed by atoms with van der Waals surface area (Å²) in [5.74, 6) is 0.880. The fourth-order valence-corrected chi connectivity index (χ4v) is 2.86. The van der Waals surface area contributed by atoms with Gasteiger partial charge in [0.15, 0.2) is 0 Å². The van der Waals surface area contributed by atoms with E-state index >= 15 is 0 Å². The molecule has 0 spiro atoms. The minimum Gasteiger partial charge on any atom is -0.395 e. The third-order valence-corrected chi connectivity index (χ3v) is 4.24. The van der Waals surface area contributed by atoms with Crippen LogP contribution in [0.2, 0.25) is 0 Å². The van der Waals surface area contributed by atoms with Gasteiger partial charge in [-0.1, -0.05) is 54.3 Å². The Morgan fingerprint density at radius 1 is 1.29 bits per heavy atom. The third-order valence-electron chi connectivity index (χ3n) is 2.63. The lowest BCUT2D eigenvalue weighted by atomic mass is 10.2. The predicted octanol–water partition coefficient (Wildman–Crippen LogP) is 1.73. The number of thiocarbonyl (C=S) groups is 1. The quantitative estimate of drug-likeness (QED) is 0.839. The zero-order chi connectivity index (χ0) is 12.1. The second kappa shape index (κ2) is 6.35. The number of β-amino-alcohol motifs (C(OH)–C–C–N with tert-alkyl or cyclic N) is 1. The Kier molecular flexibility index (Phi) is 4.79. The lowest BCUT2D eigenvalue weighted by molar-refractivity contribution is 0.164. The highest BCUT2D eigenvalue weighted by molar-refractivity contribution is 8.22. The van der Waals surface area contributed by atoms with Gasteiger partial charge in [-0.15, -0.1) is 0 Å². The molecule has 1 saturated heterocycles. The minimum absolute atomic E-state index is 0.201. The average molecular weight is 268 g/mol. The molecule has 0 bridgehead atoms. The van der Waals surface area contributed by atoms with E-state index in [4.69, 9.17) is 17.3 Å². The number of hydrogen-bond donors (Lipinski definition) is 1. The molecule has 0 radical (unpaired) electrons. The van der Waals surface area contributed by atoms with Crippen molar-refractivity contribution in [3.05, 3.63) is 35.9 Å². The van der Waals surface area contributed by atoms with Crippen molar-refractivity contribution in [1.29, 1.82) is 0 Å². The Morgan fingerprint density at radius 3 is 2.76 bits per heavy atom. The molecule has 1 heterocycles. The average Bonchev–Trinajstić information content (AvgIpc) is 2.35. The van der Waals surface area contributed by atoms with Crippen molar-refractivity contribution in [3.8, 4) is 0 Å². The molecule has 0 amide bonds. The lowest BCUT2D eigenvalue weighted by Gasteiger charge is -2.36. The third kappa shape index (κ3) is 3.67. The summed E-state index contributed by atoms with van der Waals surface area (Å²) < 4.78 is 0.947. The molecular formula is C12H16N2OS2. The molecular weight excluding hydrogens is 252 g/mol. The largest absolute Gasteiger partial charge is 0.395 e. The van der Waals surface area contributed by atoms with Crippen LogP contribution in [0.3, 0.4) is 0 Å². The van der Waals surface area contributed by atoms with Gasteiger partial charge in [-0.2, -0.15) is 0 Å². The zero-order valence-corrected chi connectivity index (χ0v) is 11.2. The molecule has 5 heteroatoms. The van der Waals surface area contributed by atoms with Gasteiger partial charge in [0.1, 0.15) is 4.32 Å². The SMILES string of the molecule is OCCN1CSC(=S)N(Cc2ccccc2)C1. The number of aliphatic hydroxyl groups is 1. The monoisotopic (exact) mass is 268 g/mol. The van der Waals surface area contributed by atoms with Crippen LogP contribution in [0.15, 0.2) is 30.3 Å². The number of aliphatic hydroxyl groups excluding tert-OH is 1. The lowest BCUT2D eigenvalue weighted by Crippen LogP contribution is -2.45. The first-order chi connectivity index (χ1) is 8.29. The predicted molar refractivity (Wildman–Crippen MR) is 75.7 cm³/mol. The van der Waals surface area contributed by atoms with Crippen LogP contribution in [0.5, 0.6) is 0 Å². The van der Waals surface area contributed by atoms with E-state index in [-0.39, 0.29) is 6.61 Å². The smallest absolute Gasteiger partial charge is 0.138 e. The van der Waals surface area contributed by atoms with Crippen molar-refractivity contribution < 1.29 is 5.11 Å². The van der Waals surface area contributed by atoms with E-state index in [9.17, 15) is 0 Å². The van der Waals surface area contributed by atoms with Crippen LogP contribution in [0.1, 0.15) is 5.56 Å². The van der Waals surface area contributed by atoms with Crippen molar-refractivity contribution in [2.45, 2.75) is 6.54 Å². The second-order valence-electron chi connectivity index (χ2n) is 3.98. The Bertz CT molecular complexity index is 372. The molecule has 1 fully saturated rings. The van der Waals surface area contributed by atoms with E-state index in [2.05, 4.69) is 21.9 Å². The van der Waals surface area contributed by atoms with Crippen molar-refractivity contribution in [3.63, 3.8) is 0 Å². The molecule has 1 aliphatic rings. The van der Waals surface area contributed by atoms with Gasteiger partial charge >= 0.3 is 0 Å². The van der Waals surface area contributed by atoms with Gasteiger partial charge in [-0.05, 0) is 5.56 Å². The molecule has 0 atom stereocenters. The summed E-state index contributed by atoms with van der Waals surface area (Å²) in [7, 11) is 0. The van der Waals surface area contributed by atoms with E-state index < -0.39 is 0 Å². The summed E-state index contributed by atoms with van der Waals surface area (Å²) in [5.41, 5.74) is 1.27. The van der Waals surface area contributed by atoms with E-state index in [0.717, 1.165) is 23.4 Å². The number of nitrogens with zero attached hydrogens (tertiary/aromatic N) is 2. The number of rotatable bonds is 4. The highest BCUT2D eigenvalue weighted by atomic mass is 32.2. The van der Waals surface area contributed by atoms with E-state index in [1.165, 1.54) is 5.56 Å². The first kappa shape index (κ1) is 12.8. The summed E-state index contributed by atoms with van der Waals surface area (Å²) in [6.07, 6.45) is 0. The summed E-state index contributed by atoms with van der Waals surface area (Å²) in [6, 6.07) is 10.3. The second-order valence-corrected chi connectivity index (χ2v) is 5.56. The molecule has 2 rings (SSSR count). The molecule has 92 valence electrons. The van der Waals surface area contributed by atoms with Gasteiger partial charge in [-0.25, -0.2) is 0 Å². The standard InChI is InChI=1S/C12H16N2OS2/c15-7-6-13-9-14(12(16)17-10-13)8-11-4-2-1-3-5-11/h1-5,15H,6-10H2. The van der Waals surface area contributed by atoms with Crippen molar-refractivity contribution in [2.75, 3.05) is 25.7 Å². The molecule has 3 nitrogen and oxygen atoms in total. The number of benzene rings is 1. The van der Waals surface area contributed by atoms with Gasteiger partial charge in [-0.3, -0.25) is 4.90 Å². The highest BCUT2D eigenvalue weighted by Crippen LogP contribution is 2.20. The van der Waals surface area contributed by atoms with Gasteiger partial charge in [0.25, 0.3) is 0 Å². The topological polar surface area (TPSA) is 26.7 Å². The number of thioether (sulfide) groups is 1. The van der Waals surface area contributed by atoms with Gasteiger partial charge in [0, 0.05) is 13.1 Å². The molecule has 1 aliphatic heterocycles. The normalized spacial score (nSPS) is 17.5. The van der Waals surface area contributed by atoms with Crippen LogP contribution < -0.4 is 0 Å². The molecule has 17 heavy (non-hydrogen) atoms. The summed E-state index contributed by atoms with van der Waals surface area (Å²) in [6.45, 7) is 2.56. The number of hydrogen-bond acceptors (Lipinski definition) is 4. The van der Waals surface area contributed by atoms with E-state index in [1.54, 1.807) is 11.8 Å². The van der Waals surface area contributed by atoms with Crippen LogP contribution >= 0.6 is 24.0 Å². The first-order valence-corrected chi connectivity index (χ1v) is 6.98. The minimum atomic E-state index is 0.201. The van der Waals surface area contributed by atoms with Crippen molar-refractivity contribution in [2.24, 2.45) is 0 Å². The summed E-state index contributed by atoms with van der Waals surface area (Å²) >= 11 is 7.03. The van der Waals surface area contributed by atoms with Crippen LogP contribution in [-0.4, -0.2) is 44.9 Å². The van der Waals surface area contributed by atoms with Gasteiger partial charge in [0.2, 0.25) is 0 Å². The first-order valence-electron chi connectivity index (χ1n) is 5.58. The molecule has 0 aromatic heterocycles. The molecule has 0 aliphatic carbocycles. The van der Waals surface area contributed by atoms with Gasteiger partial charge < -0.3 is 10.0 Å². The molecule has 1 aromatic carbocycles.